The van der Waals surface area contributed by atoms with E-state index in [9.17, 15) is 22.0 Å². The van der Waals surface area contributed by atoms with E-state index in [4.69, 9.17) is 5.73 Å². The zero-order valence-corrected chi connectivity index (χ0v) is 15.5. The fraction of sp³-hybridized carbons (Fsp3) is 0.238. The van der Waals surface area contributed by atoms with Gasteiger partial charge < -0.3 is 15.5 Å². The van der Waals surface area contributed by atoms with Crippen LogP contribution in [0, 0.1) is 5.82 Å². The summed E-state index contributed by atoms with van der Waals surface area (Å²) in [5, 5.41) is 1.06. The topological polar surface area (TPSA) is 51.0 Å². The maximum Gasteiger partial charge on any atom is 0.340 e. The molecule has 8 heteroatoms. The molecule has 0 aliphatic carbocycles. The van der Waals surface area contributed by atoms with E-state index in [0.29, 0.717) is 12.1 Å². The molecule has 3 nitrogen and oxygen atoms in total. The second-order valence-corrected chi connectivity index (χ2v) is 6.17. The Kier molecular flexibility index (Phi) is 7.78. The Morgan fingerprint density at radius 2 is 1.93 bits per heavy atom. The maximum atomic E-state index is 12.8. The van der Waals surface area contributed by atoms with Crippen molar-refractivity contribution in [1.82, 2.24) is 4.98 Å². The predicted molar refractivity (Wildman–Crippen MR) is 104 cm³/mol. The van der Waals surface area contributed by atoms with Crippen molar-refractivity contribution < 1.29 is 26.7 Å². The monoisotopic (exact) mass is 412 g/mol. The lowest BCUT2D eigenvalue weighted by atomic mass is 10.1. The molecule has 156 valence electrons. The molecule has 1 aromatic heterocycles. The van der Waals surface area contributed by atoms with Crippen LogP contribution in [0.25, 0.3) is 17.0 Å². The molecule has 0 amide bonds. The number of benzene rings is 2. The molecule has 29 heavy (non-hydrogen) atoms. The first-order valence-corrected chi connectivity index (χ1v) is 8.73. The number of aromatic nitrogens is 1. The number of rotatable bonds is 7. The van der Waals surface area contributed by atoms with Gasteiger partial charge in [0.25, 0.3) is 0 Å². The molecule has 3 rings (SSSR count). The zero-order chi connectivity index (χ0) is 21.4. The molecule has 2 aromatic carbocycles. The zero-order valence-electron chi connectivity index (χ0n) is 15.5. The summed E-state index contributed by atoms with van der Waals surface area (Å²) in [5.74, 6) is -4.24. The third kappa shape index (κ3) is 6.32. The van der Waals surface area contributed by atoms with E-state index >= 15 is 0 Å². The summed E-state index contributed by atoms with van der Waals surface area (Å²) in [6.07, 6.45) is 0.482. The van der Waals surface area contributed by atoms with Crippen molar-refractivity contribution >= 4 is 17.0 Å². The average molecular weight is 412 g/mol. The minimum absolute atomic E-state index is 0.109. The Hall–Kier alpha value is -2.87. The molecule has 0 spiro atoms. The molecule has 3 N–H and O–H groups in total. The van der Waals surface area contributed by atoms with Crippen molar-refractivity contribution in [2.45, 2.75) is 18.8 Å². The quantitative estimate of drug-likeness (QED) is 0.510. The predicted octanol–water partition coefficient (Wildman–Crippen LogP) is 5.42. The van der Waals surface area contributed by atoms with Crippen LogP contribution in [0.3, 0.4) is 0 Å². The van der Waals surface area contributed by atoms with Gasteiger partial charge in [-0.1, -0.05) is 24.8 Å². The molecule has 3 aromatic rings. The van der Waals surface area contributed by atoms with Gasteiger partial charge in [-0.2, -0.15) is 8.78 Å². The molecule has 0 atom stereocenters. The number of halogens is 5. The lowest BCUT2D eigenvalue weighted by Crippen LogP contribution is -2.33. The van der Waals surface area contributed by atoms with Crippen LogP contribution in [0.2, 0.25) is 0 Å². The van der Waals surface area contributed by atoms with E-state index in [-0.39, 0.29) is 11.6 Å². The first kappa shape index (κ1) is 22.4. The molecule has 0 bridgehead atoms. The third-order valence-electron chi connectivity index (χ3n) is 3.99. The number of H-pyrrole nitrogens is 1. The van der Waals surface area contributed by atoms with Crippen LogP contribution in [-0.2, 0) is 6.42 Å². The fourth-order valence-electron chi connectivity index (χ4n) is 2.49. The average Bonchev–Trinajstić information content (AvgIpc) is 3.09. The van der Waals surface area contributed by atoms with Crippen molar-refractivity contribution in [3.05, 3.63) is 72.2 Å². The smallest absolute Gasteiger partial charge is 0.340 e. The van der Waals surface area contributed by atoms with Gasteiger partial charge in [-0.05, 0) is 54.4 Å². The number of nitrogens with one attached hydrogen (secondary N) is 1. The summed E-state index contributed by atoms with van der Waals surface area (Å²) in [7, 11) is 0. The highest BCUT2D eigenvalue weighted by molar-refractivity contribution is 5.83. The highest BCUT2D eigenvalue weighted by Crippen LogP contribution is 2.24. The summed E-state index contributed by atoms with van der Waals surface area (Å²) >= 11 is 0. The SMILES string of the molecule is C=Cc1cccc(OCC(F)(F)C(F)F)c1.NCCc1c[nH]c2cc(F)ccc12. The largest absolute Gasteiger partial charge is 0.487 e. The van der Waals surface area contributed by atoms with Crippen LogP contribution in [-0.4, -0.2) is 30.5 Å². The minimum Gasteiger partial charge on any atom is -0.487 e. The van der Waals surface area contributed by atoms with Crippen molar-refractivity contribution in [1.29, 1.82) is 0 Å². The molecular weight excluding hydrogens is 391 g/mol. The van der Waals surface area contributed by atoms with Gasteiger partial charge in [-0.3, -0.25) is 0 Å². The Morgan fingerprint density at radius 1 is 1.17 bits per heavy atom. The van der Waals surface area contributed by atoms with E-state index in [0.717, 1.165) is 22.9 Å². The van der Waals surface area contributed by atoms with Gasteiger partial charge in [-0.15, -0.1) is 0 Å². The number of hydrogen-bond donors (Lipinski definition) is 2. The highest BCUT2D eigenvalue weighted by atomic mass is 19.3. The lowest BCUT2D eigenvalue weighted by molar-refractivity contribution is -0.148. The Bertz CT molecular complexity index is 940. The molecular formula is C21H21F5N2O. The summed E-state index contributed by atoms with van der Waals surface area (Å²) < 4.78 is 66.1. The van der Waals surface area contributed by atoms with Gasteiger partial charge in [0, 0.05) is 17.1 Å². The highest BCUT2D eigenvalue weighted by Gasteiger charge is 2.41. The molecule has 0 saturated heterocycles. The Balaban J connectivity index is 0.000000211. The lowest BCUT2D eigenvalue weighted by Gasteiger charge is -2.16. The van der Waals surface area contributed by atoms with Crippen molar-refractivity contribution in [3.63, 3.8) is 0 Å². The summed E-state index contributed by atoms with van der Waals surface area (Å²) in [5.41, 5.74) is 8.10. The van der Waals surface area contributed by atoms with Gasteiger partial charge in [-0.25, -0.2) is 13.2 Å². The molecule has 0 aliphatic heterocycles. The van der Waals surface area contributed by atoms with Gasteiger partial charge in [0.15, 0.2) is 6.61 Å². The molecule has 0 aliphatic rings. The first-order chi connectivity index (χ1) is 13.8. The van der Waals surface area contributed by atoms with E-state index in [1.165, 1.54) is 30.3 Å². The van der Waals surface area contributed by atoms with Crippen molar-refractivity contribution in [2.75, 3.05) is 13.2 Å². The molecule has 0 radical (unpaired) electrons. The Morgan fingerprint density at radius 3 is 2.59 bits per heavy atom. The Labute approximate surface area is 165 Å². The van der Waals surface area contributed by atoms with Crippen LogP contribution >= 0.6 is 0 Å². The van der Waals surface area contributed by atoms with E-state index in [2.05, 4.69) is 16.3 Å². The van der Waals surface area contributed by atoms with Crippen LogP contribution in [0.1, 0.15) is 11.1 Å². The second kappa shape index (κ2) is 10.1. The van der Waals surface area contributed by atoms with Crippen LogP contribution in [0.4, 0.5) is 22.0 Å². The maximum absolute atomic E-state index is 12.8. The van der Waals surface area contributed by atoms with E-state index in [1.807, 2.05) is 6.20 Å². The van der Waals surface area contributed by atoms with Crippen molar-refractivity contribution in [2.24, 2.45) is 5.73 Å². The number of ether oxygens (including phenoxy) is 1. The molecule has 0 unspecified atom stereocenters. The standard InChI is InChI=1S/C11H10F4O.C10H11FN2/c1-2-8-4-3-5-9(6-8)16-7-11(14,15)10(12)13;11-8-1-2-9-7(3-4-12)6-13-10(9)5-8/h2-6,10H,1,7H2;1-2,5-6,13H,3-4,12H2. The van der Waals surface area contributed by atoms with E-state index in [1.54, 1.807) is 18.2 Å². The second-order valence-electron chi connectivity index (χ2n) is 6.17. The summed E-state index contributed by atoms with van der Waals surface area (Å²) in [6.45, 7) is 2.76. The molecule has 0 fully saturated rings. The summed E-state index contributed by atoms with van der Waals surface area (Å²) in [6, 6.07) is 10.8. The van der Waals surface area contributed by atoms with Gasteiger partial charge in [0.05, 0.1) is 0 Å². The normalized spacial score (nSPS) is 11.3. The van der Waals surface area contributed by atoms with Gasteiger partial charge in [0.1, 0.15) is 11.6 Å². The van der Waals surface area contributed by atoms with Crippen LogP contribution < -0.4 is 10.5 Å². The fourth-order valence-corrected chi connectivity index (χ4v) is 2.49. The number of hydrogen-bond acceptors (Lipinski definition) is 2. The number of alkyl halides is 4. The number of nitrogens with two attached hydrogens (primary N) is 1. The minimum atomic E-state index is -4.13. The van der Waals surface area contributed by atoms with E-state index < -0.39 is 19.0 Å². The third-order valence-corrected chi connectivity index (χ3v) is 3.99. The van der Waals surface area contributed by atoms with Gasteiger partial charge in [0.2, 0.25) is 0 Å². The van der Waals surface area contributed by atoms with Crippen molar-refractivity contribution in [3.8, 4) is 5.75 Å². The molecule has 0 saturated carbocycles. The van der Waals surface area contributed by atoms with Crippen LogP contribution in [0.5, 0.6) is 5.75 Å². The summed E-state index contributed by atoms with van der Waals surface area (Å²) in [4.78, 5) is 3.02. The van der Waals surface area contributed by atoms with Crippen LogP contribution in [0.15, 0.2) is 55.2 Å². The first-order valence-electron chi connectivity index (χ1n) is 8.73. The number of aromatic amines is 1. The molecule has 1 heterocycles. The number of fused-ring (bicyclic) bond motifs is 1. The van der Waals surface area contributed by atoms with Gasteiger partial charge >= 0.3 is 12.3 Å².